The fraction of sp³-hybridized carbons (Fsp3) is 0.286. The molecule has 2 N–H and O–H groups in total. The lowest BCUT2D eigenvalue weighted by molar-refractivity contribution is 0.541. The molecule has 0 aliphatic carbocycles. The van der Waals surface area contributed by atoms with Gasteiger partial charge in [0.1, 0.15) is 0 Å². The van der Waals surface area contributed by atoms with Crippen molar-refractivity contribution in [1.29, 1.82) is 0 Å². The molecule has 0 saturated heterocycles. The minimum Gasteiger partial charge on any atom is -0.321 e. The van der Waals surface area contributed by atoms with Crippen LogP contribution in [-0.4, -0.2) is 12.3 Å². The quantitative estimate of drug-likeness (QED) is 0.697. The van der Waals surface area contributed by atoms with Crippen LogP contribution in [-0.2, 0) is 11.2 Å². The van der Waals surface area contributed by atoms with E-state index in [1.54, 1.807) is 17.6 Å². The van der Waals surface area contributed by atoms with Crippen LogP contribution in [0.2, 0.25) is 0 Å². The number of nitrogens with two attached hydrogens (primary N) is 1. The summed E-state index contributed by atoms with van der Waals surface area (Å²) in [5.74, 6) is 0. The third-order valence-electron chi connectivity index (χ3n) is 1.15. The maximum absolute atomic E-state index is 9.99. The first-order valence-electron chi connectivity index (χ1n) is 2.98. The highest BCUT2D eigenvalue weighted by atomic mass is 32.1. The van der Waals surface area contributed by atoms with Gasteiger partial charge in [-0.1, -0.05) is 6.07 Å². The SMILES string of the molecule is N[C@@H]([C]=O)Cc1cccs1. The summed E-state index contributed by atoms with van der Waals surface area (Å²) in [5.41, 5.74) is 5.35. The molecular weight excluding hydrogens is 146 g/mol. The van der Waals surface area contributed by atoms with Gasteiger partial charge in [-0.15, -0.1) is 11.3 Å². The molecule has 1 radical (unpaired) electrons. The molecular formula is C7H8NOS. The van der Waals surface area contributed by atoms with E-state index in [-0.39, 0.29) is 0 Å². The Kier molecular flexibility index (Phi) is 2.59. The second-order valence-corrected chi connectivity index (χ2v) is 3.04. The molecule has 1 rings (SSSR count). The van der Waals surface area contributed by atoms with E-state index in [4.69, 9.17) is 5.73 Å². The molecule has 2 nitrogen and oxygen atoms in total. The van der Waals surface area contributed by atoms with Gasteiger partial charge in [-0.2, -0.15) is 0 Å². The summed E-state index contributed by atoms with van der Waals surface area (Å²) in [7, 11) is 0. The maximum Gasteiger partial charge on any atom is 0.217 e. The summed E-state index contributed by atoms with van der Waals surface area (Å²) in [6, 6.07) is 3.44. The van der Waals surface area contributed by atoms with E-state index in [0.717, 1.165) is 4.88 Å². The molecule has 1 atom stereocenters. The van der Waals surface area contributed by atoms with Crippen LogP contribution in [0.5, 0.6) is 0 Å². The molecule has 1 aromatic heterocycles. The first-order valence-corrected chi connectivity index (χ1v) is 3.86. The van der Waals surface area contributed by atoms with Crippen LogP contribution in [0.3, 0.4) is 0 Å². The second-order valence-electron chi connectivity index (χ2n) is 2.01. The van der Waals surface area contributed by atoms with Crippen LogP contribution in [0.25, 0.3) is 0 Å². The van der Waals surface area contributed by atoms with Crippen molar-refractivity contribution >= 4 is 17.6 Å². The van der Waals surface area contributed by atoms with Crippen LogP contribution in [0.15, 0.2) is 17.5 Å². The van der Waals surface area contributed by atoms with Crippen molar-refractivity contribution in [2.24, 2.45) is 5.73 Å². The lowest BCUT2D eigenvalue weighted by atomic mass is 10.2. The van der Waals surface area contributed by atoms with Gasteiger partial charge in [0.15, 0.2) is 0 Å². The van der Waals surface area contributed by atoms with Crippen molar-refractivity contribution in [2.75, 3.05) is 0 Å². The van der Waals surface area contributed by atoms with E-state index in [9.17, 15) is 4.79 Å². The summed E-state index contributed by atoms with van der Waals surface area (Å²) in [6.07, 6.45) is 2.35. The Morgan fingerprint density at radius 2 is 2.60 bits per heavy atom. The molecule has 0 amide bonds. The summed E-state index contributed by atoms with van der Waals surface area (Å²) in [4.78, 5) is 11.1. The smallest absolute Gasteiger partial charge is 0.217 e. The third kappa shape index (κ3) is 1.93. The van der Waals surface area contributed by atoms with Crippen LogP contribution in [0.1, 0.15) is 4.88 Å². The molecule has 0 spiro atoms. The molecule has 10 heavy (non-hydrogen) atoms. The van der Waals surface area contributed by atoms with E-state index < -0.39 is 6.04 Å². The Bertz CT molecular complexity index is 195. The van der Waals surface area contributed by atoms with Crippen LogP contribution in [0.4, 0.5) is 0 Å². The van der Waals surface area contributed by atoms with Crippen LogP contribution < -0.4 is 5.73 Å². The zero-order valence-electron chi connectivity index (χ0n) is 5.41. The zero-order chi connectivity index (χ0) is 7.40. The Hall–Kier alpha value is -0.670. The standard InChI is InChI=1S/C7H8NOS/c8-6(5-9)4-7-2-1-3-10-7/h1-3,6H,4,8H2/t6-/m1/s1. The number of carbonyl (C=O) groups excluding carboxylic acids is 1. The Labute approximate surface area is 63.7 Å². The van der Waals surface area contributed by atoms with Crippen molar-refractivity contribution in [3.05, 3.63) is 22.4 Å². The Morgan fingerprint density at radius 3 is 3.10 bits per heavy atom. The zero-order valence-corrected chi connectivity index (χ0v) is 6.23. The number of hydrogen-bond acceptors (Lipinski definition) is 3. The summed E-state index contributed by atoms with van der Waals surface area (Å²) < 4.78 is 0. The van der Waals surface area contributed by atoms with Crippen molar-refractivity contribution < 1.29 is 4.79 Å². The average molecular weight is 154 g/mol. The molecule has 0 aromatic carbocycles. The molecule has 0 aliphatic heterocycles. The Morgan fingerprint density at radius 1 is 1.80 bits per heavy atom. The van der Waals surface area contributed by atoms with E-state index in [0.29, 0.717) is 6.42 Å². The van der Waals surface area contributed by atoms with Gasteiger partial charge in [0.2, 0.25) is 6.29 Å². The first-order chi connectivity index (χ1) is 4.83. The average Bonchev–Trinajstić information content (AvgIpc) is 2.40. The molecule has 0 aliphatic rings. The highest BCUT2D eigenvalue weighted by Crippen LogP contribution is 2.09. The van der Waals surface area contributed by atoms with E-state index in [2.05, 4.69) is 0 Å². The lowest BCUT2D eigenvalue weighted by Crippen LogP contribution is -2.23. The Balaban J connectivity index is 2.47. The largest absolute Gasteiger partial charge is 0.321 e. The molecule has 0 fully saturated rings. The minimum absolute atomic E-state index is 0.460. The van der Waals surface area contributed by atoms with Gasteiger partial charge in [0.05, 0.1) is 6.04 Å². The van der Waals surface area contributed by atoms with E-state index in [1.807, 2.05) is 17.5 Å². The molecule has 1 heterocycles. The summed E-state index contributed by atoms with van der Waals surface area (Å²) in [5, 5.41) is 1.97. The van der Waals surface area contributed by atoms with Gasteiger partial charge < -0.3 is 5.73 Å². The number of rotatable bonds is 3. The van der Waals surface area contributed by atoms with Gasteiger partial charge in [-0.25, -0.2) is 0 Å². The summed E-state index contributed by atoms with van der Waals surface area (Å²) >= 11 is 1.61. The third-order valence-corrected chi connectivity index (χ3v) is 2.05. The number of thiophene rings is 1. The fourth-order valence-electron chi connectivity index (χ4n) is 0.687. The monoisotopic (exact) mass is 154 g/mol. The second kappa shape index (κ2) is 3.49. The van der Waals surface area contributed by atoms with Gasteiger partial charge in [-0.3, -0.25) is 4.79 Å². The normalized spacial score (nSPS) is 12.9. The maximum atomic E-state index is 9.99. The topological polar surface area (TPSA) is 43.1 Å². The van der Waals surface area contributed by atoms with Crippen molar-refractivity contribution in [3.8, 4) is 0 Å². The highest BCUT2D eigenvalue weighted by molar-refractivity contribution is 7.09. The van der Waals surface area contributed by atoms with E-state index in [1.165, 1.54) is 0 Å². The molecule has 0 saturated carbocycles. The molecule has 1 aromatic rings. The predicted molar refractivity (Wildman–Crippen MR) is 41.7 cm³/mol. The van der Waals surface area contributed by atoms with Gasteiger partial charge in [0, 0.05) is 11.3 Å². The van der Waals surface area contributed by atoms with Gasteiger partial charge in [-0.05, 0) is 11.4 Å². The summed E-state index contributed by atoms with van der Waals surface area (Å²) in [6.45, 7) is 0. The molecule has 0 unspecified atom stereocenters. The minimum atomic E-state index is -0.460. The highest BCUT2D eigenvalue weighted by Gasteiger charge is 2.02. The lowest BCUT2D eigenvalue weighted by Gasteiger charge is -1.97. The fourth-order valence-corrected chi connectivity index (χ4v) is 1.45. The first kappa shape index (κ1) is 7.44. The van der Waals surface area contributed by atoms with Crippen molar-refractivity contribution in [2.45, 2.75) is 12.5 Å². The molecule has 0 bridgehead atoms. The van der Waals surface area contributed by atoms with Gasteiger partial charge in [0.25, 0.3) is 0 Å². The van der Waals surface area contributed by atoms with Crippen LogP contribution in [0, 0.1) is 0 Å². The molecule has 3 heteroatoms. The number of hydrogen-bond donors (Lipinski definition) is 1. The van der Waals surface area contributed by atoms with E-state index >= 15 is 0 Å². The van der Waals surface area contributed by atoms with Crippen LogP contribution >= 0.6 is 11.3 Å². The van der Waals surface area contributed by atoms with Gasteiger partial charge >= 0.3 is 0 Å². The predicted octanol–water partition coefficient (Wildman–Crippen LogP) is 0.728. The van der Waals surface area contributed by atoms with Crippen molar-refractivity contribution in [3.63, 3.8) is 0 Å². The molecule has 53 valence electrons. The van der Waals surface area contributed by atoms with Crippen molar-refractivity contribution in [1.82, 2.24) is 0 Å².